The minimum Gasteiger partial charge on any atom is -0.308 e. The van der Waals surface area contributed by atoms with Crippen molar-refractivity contribution in [2.75, 3.05) is 0 Å². The van der Waals surface area contributed by atoms with Crippen LogP contribution in [0.25, 0.3) is 0 Å². The van der Waals surface area contributed by atoms with Crippen LogP contribution in [0.1, 0.15) is 25.6 Å². The summed E-state index contributed by atoms with van der Waals surface area (Å²) in [6, 6.07) is 1.99. The molecule has 0 saturated heterocycles. The lowest BCUT2D eigenvalue weighted by atomic mass is 10.1. The van der Waals surface area contributed by atoms with Crippen LogP contribution in [0.15, 0.2) is 19.3 Å². The molecule has 0 aromatic carbocycles. The molecule has 3 nitrogen and oxygen atoms in total. The minimum atomic E-state index is -0.148. The molecule has 0 aliphatic rings. The molecule has 0 unspecified atom stereocenters. The summed E-state index contributed by atoms with van der Waals surface area (Å²) in [5.41, 5.74) is 2.49. The van der Waals surface area contributed by atoms with Crippen molar-refractivity contribution >= 4 is 49.0 Å². The number of rotatable bonds is 1. The van der Waals surface area contributed by atoms with Crippen molar-refractivity contribution in [3.05, 3.63) is 19.2 Å². The fourth-order valence-electron chi connectivity index (χ4n) is 0.957. The van der Waals surface area contributed by atoms with Crippen molar-refractivity contribution in [2.45, 2.75) is 26.3 Å². The Labute approximate surface area is 110 Å². The number of nitrogens with two attached hydrogens (primary N) is 1. The van der Waals surface area contributed by atoms with Crippen LogP contribution in [0.3, 0.4) is 0 Å². The number of halogens is 2. The zero-order valence-electron chi connectivity index (χ0n) is 8.77. The van der Waals surface area contributed by atoms with Crippen LogP contribution in [-0.2, 0) is 0 Å². The van der Waals surface area contributed by atoms with Crippen molar-refractivity contribution in [3.63, 3.8) is 0 Å². The monoisotopic (exact) mass is 353 g/mol. The smallest absolute Gasteiger partial charge is 0.153 e. The summed E-state index contributed by atoms with van der Waals surface area (Å²) in [7, 11) is 0. The zero-order valence-corrected chi connectivity index (χ0v) is 12.8. The SMILES string of the molecule is CC(C)(C)N=C(NN)c1cc(Br)c(Br)s1. The topological polar surface area (TPSA) is 50.4 Å². The first-order chi connectivity index (χ1) is 6.83. The van der Waals surface area contributed by atoms with Crippen LogP contribution >= 0.6 is 43.2 Å². The maximum absolute atomic E-state index is 5.47. The van der Waals surface area contributed by atoms with E-state index >= 15 is 0 Å². The van der Waals surface area contributed by atoms with E-state index in [1.54, 1.807) is 11.3 Å². The lowest BCUT2D eigenvalue weighted by Crippen LogP contribution is -2.33. The molecule has 0 aliphatic heterocycles. The lowest BCUT2D eigenvalue weighted by molar-refractivity contribution is 0.580. The molecular formula is C9H13Br2N3S. The van der Waals surface area contributed by atoms with Crippen LogP contribution < -0.4 is 11.3 Å². The molecule has 0 bridgehead atoms. The molecule has 6 heteroatoms. The van der Waals surface area contributed by atoms with Gasteiger partial charge in [-0.1, -0.05) is 0 Å². The highest BCUT2D eigenvalue weighted by atomic mass is 79.9. The standard InChI is InChI=1S/C9H13Br2N3S/c1-9(2,3)13-8(14-12)6-4-5(10)7(11)15-6/h4H,12H2,1-3H3,(H,13,14). The summed E-state index contributed by atoms with van der Waals surface area (Å²) in [4.78, 5) is 5.51. The quantitative estimate of drug-likeness (QED) is 0.352. The second kappa shape index (κ2) is 4.95. The van der Waals surface area contributed by atoms with Crippen molar-refractivity contribution in [3.8, 4) is 0 Å². The van der Waals surface area contributed by atoms with Crippen molar-refractivity contribution < 1.29 is 0 Å². The molecular weight excluding hydrogens is 342 g/mol. The Hall–Kier alpha value is 0.0900. The second-order valence-electron chi connectivity index (χ2n) is 4.01. The summed E-state index contributed by atoms with van der Waals surface area (Å²) in [6.45, 7) is 6.09. The van der Waals surface area contributed by atoms with Gasteiger partial charge in [-0.15, -0.1) is 11.3 Å². The van der Waals surface area contributed by atoms with Gasteiger partial charge in [0.15, 0.2) is 5.84 Å². The Morgan fingerprint density at radius 3 is 2.40 bits per heavy atom. The molecule has 0 amide bonds. The van der Waals surface area contributed by atoms with Gasteiger partial charge < -0.3 is 5.43 Å². The molecule has 0 spiro atoms. The summed E-state index contributed by atoms with van der Waals surface area (Å²) < 4.78 is 2.05. The number of hydrogen-bond acceptors (Lipinski definition) is 3. The zero-order chi connectivity index (χ0) is 11.6. The number of hydrazine groups is 1. The Morgan fingerprint density at radius 2 is 2.07 bits per heavy atom. The van der Waals surface area contributed by atoms with Gasteiger partial charge in [0.1, 0.15) is 0 Å². The normalized spacial score (nSPS) is 13.1. The summed E-state index contributed by atoms with van der Waals surface area (Å²) in [5, 5.41) is 0. The summed E-state index contributed by atoms with van der Waals surface area (Å²) in [6.07, 6.45) is 0. The fraction of sp³-hybridized carbons (Fsp3) is 0.444. The molecule has 0 saturated carbocycles. The number of nitrogens with zero attached hydrogens (tertiary/aromatic N) is 1. The number of nitrogens with one attached hydrogen (secondary N) is 1. The molecule has 0 aliphatic carbocycles. The van der Waals surface area contributed by atoms with Crippen molar-refractivity contribution in [1.29, 1.82) is 0 Å². The third-order valence-corrected chi connectivity index (χ3v) is 4.73. The van der Waals surface area contributed by atoms with Crippen LogP contribution in [0, 0.1) is 0 Å². The van der Waals surface area contributed by atoms with E-state index in [4.69, 9.17) is 5.84 Å². The first-order valence-corrected chi connectivity index (χ1v) is 6.75. The van der Waals surface area contributed by atoms with E-state index in [-0.39, 0.29) is 5.54 Å². The highest BCUT2D eigenvalue weighted by Crippen LogP contribution is 2.32. The third kappa shape index (κ3) is 3.86. The van der Waals surface area contributed by atoms with Crippen LogP contribution in [-0.4, -0.2) is 11.4 Å². The molecule has 1 heterocycles. The van der Waals surface area contributed by atoms with Gasteiger partial charge >= 0.3 is 0 Å². The fourth-order valence-corrected chi connectivity index (χ4v) is 2.95. The predicted octanol–water partition coefficient (Wildman–Crippen LogP) is 3.28. The maximum Gasteiger partial charge on any atom is 0.153 e. The largest absolute Gasteiger partial charge is 0.308 e. The van der Waals surface area contributed by atoms with Gasteiger partial charge in [-0.3, -0.25) is 4.99 Å². The maximum atomic E-state index is 5.47. The Bertz CT molecular complexity index is 360. The average Bonchev–Trinajstić information content (AvgIpc) is 2.41. The van der Waals surface area contributed by atoms with Gasteiger partial charge in [0.05, 0.1) is 14.2 Å². The van der Waals surface area contributed by atoms with Crippen LogP contribution in [0.4, 0.5) is 0 Å². The lowest BCUT2D eigenvalue weighted by Gasteiger charge is -2.14. The highest BCUT2D eigenvalue weighted by molar-refractivity contribution is 9.13. The molecule has 0 fully saturated rings. The van der Waals surface area contributed by atoms with Gasteiger partial charge in [0.25, 0.3) is 0 Å². The number of hydrogen-bond donors (Lipinski definition) is 2. The van der Waals surface area contributed by atoms with E-state index in [0.29, 0.717) is 5.84 Å². The average molecular weight is 355 g/mol. The van der Waals surface area contributed by atoms with Gasteiger partial charge in [0, 0.05) is 4.47 Å². The molecule has 1 rings (SSSR count). The molecule has 1 aromatic rings. The molecule has 15 heavy (non-hydrogen) atoms. The van der Waals surface area contributed by atoms with E-state index in [2.05, 4.69) is 42.3 Å². The van der Waals surface area contributed by atoms with E-state index in [1.165, 1.54) is 0 Å². The first kappa shape index (κ1) is 13.2. The van der Waals surface area contributed by atoms with E-state index in [9.17, 15) is 0 Å². The summed E-state index contributed by atoms with van der Waals surface area (Å²) in [5.74, 6) is 6.17. The van der Waals surface area contributed by atoms with Crippen LogP contribution in [0.5, 0.6) is 0 Å². The van der Waals surface area contributed by atoms with Gasteiger partial charge in [-0.25, -0.2) is 5.84 Å². The van der Waals surface area contributed by atoms with E-state index in [1.807, 2.05) is 26.8 Å². The minimum absolute atomic E-state index is 0.148. The number of amidine groups is 1. The van der Waals surface area contributed by atoms with Crippen molar-refractivity contribution in [2.24, 2.45) is 10.8 Å². The number of thiophene rings is 1. The molecule has 0 radical (unpaired) electrons. The van der Waals surface area contributed by atoms with Crippen LogP contribution in [0.2, 0.25) is 0 Å². The Kier molecular flexibility index (Phi) is 4.34. The molecule has 0 atom stereocenters. The first-order valence-electron chi connectivity index (χ1n) is 4.35. The number of aliphatic imine (C=N–C) groups is 1. The Balaban J connectivity index is 3.08. The van der Waals surface area contributed by atoms with E-state index in [0.717, 1.165) is 13.1 Å². The van der Waals surface area contributed by atoms with E-state index < -0.39 is 0 Å². The molecule has 3 N–H and O–H groups in total. The summed E-state index contributed by atoms with van der Waals surface area (Å²) >= 11 is 8.46. The second-order valence-corrected chi connectivity index (χ2v) is 7.23. The van der Waals surface area contributed by atoms with Gasteiger partial charge in [0.2, 0.25) is 0 Å². The Morgan fingerprint density at radius 1 is 1.47 bits per heavy atom. The van der Waals surface area contributed by atoms with Crippen molar-refractivity contribution in [1.82, 2.24) is 5.43 Å². The highest BCUT2D eigenvalue weighted by Gasteiger charge is 2.14. The molecule has 1 aromatic heterocycles. The molecule has 84 valence electrons. The third-order valence-electron chi connectivity index (χ3n) is 1.46. The van der Waals surface area contributed by atoms with Gasteiger partial charge in [-0.2, -0.15) is 0 Å². The predicted molar refractivity (Wildman–Crippen MR) is 73.3 cm³/mol. The van der Waals surface area contributed by atoms with Gasteiger partial charge in [-0.05, 0) is 58.7 Å².